The minimum absolute atomic E-state index is 0.113. The number of halogens is 4. The van der Waals surface area contributed by atoms with Crippen LogP contribution in [0.3, 0.4) is 0 Å². The lowest BCUT2D eigenvalue weighted by atomic mass is 9.75. The third-order valence-corrected chi connectivity index (χ3v) is 3.33. The van der Waals surface area contributed by atoms with Crippen molar-refractivity contribution in [3.05, 3.63) is 35.4 Å². The largest absolute Gasteiger partial charge is 0.321 e. The number of nitrogens with two attached hydrogens (primary N) is 1. The molecule has 1 aromatic carbocycles. The molecule has 0 aliphatic heterocycles. The lowest BCUT2D eigenvalue weighted by Gasteiger charge is -2.37. The van der Waals surface area contributed by atoms with Crippen LogP contribution < -0.4 is 5.73 Å². The SMILES string of the molecule is NC1(c2c(F)cccc2F)CCC(F)(F)CC1. The normalized spacial score (nSPS) is 22.4. The van der Waals surface area contributed by atoms with Gasteiger partial charge >= 0.3 is 0 Å². The van der Waals surface area contributed by atoms with Crippen LogP contribution in [0, 0.1) is 11.6 Å². The summed E-state index contributed by atoms with van der Waals surface area (Å²) in [5, 5.41) is 0. The van der Waals surface area contributed by atoms with Gasteiger partial charge in [0.25, 0.3) is 0 Å². The van der Waals surface area contributed by atoms with Gasteiger partial charge in [0.1, 0.15) is 11.6 Å². The summed E-state index contributed by atoms with van der Waals surface area (Å²) in [6.07, 6.45) is -1.09. The molecule has 0 atom stereocenters. The zero-order valence-electron chi connectivity index (χ0n) is 9.15. The smallest absolute Gasteiger partial charge is 0.248 e. The standard InChI is InChI=1S/C12H13F4N/c13-8-2-1-3-9(14)10(8)11(17)4-6-12(15,16)7-5-11/h1-3H,4-7,17H2. The lowest BCUT2D eigenvalue weighted by molar-refractivity contribution is -0.0522. The first-order chi connectivity index (χ1) is 7.84. The molecule has 0 spiro atoms. The van der Waals surface area contributed by atoms with Crippen LogP contribution in [0.1, 0.15) is 31.2 Å². The molecule has 1 aromatic rings. The average molecular weight is 247 g/mol. The highest BCUT2D eigenvalue weighted by Gasteiger charge is 2.44. The summed E-state index contributed by atoms with van der Waals surface area (Å²) in [5.41, 5.74) is 4.30. The van der Waals surface area contributed by atoms with Crippen LogP contribution in [0.5, 0.6) is 0 Å². The van der Waals surface area contributed by atoms with Crippen molar-refractivity contribution in [3.63, 3.8) is 0 Å². The summed E-state index contributed by atoms with van der Waals surface area (Å²) in [6, 6.07) is 3.43. The quantitative estimate of drug-likeness (QED) is 0.757. The van der Waals surface area contributed by atoms with Crippen molar-refractivity contribution in [1.82, 2.24) is 0 Å². The Balaban J connectivity index is 2.34. The Bertz CT molecular complexity index is 400. The zero-order valence-corrected chi connectivity index (χ0v) is 9.15. The van der Waals surface area contributed by atoms with E-state index in [-0.39, 0.29) is 18.4 Å². The van der Waals surface area contributed by atoms with Gasteiger partial charge in [-0.15, -0.1) is 0 Å². The Morgan fingerprint density at radius 2 is 1.41 bits per heavy atom. The summed E-state index contributed by atoms with van der Waals surface area (Å²) >= 11 is 0. The molecule has 1 fully saturated rings. The first kappa shape index (κ1) is 12.4. The fourth-order valence-electron chi connectivity index (χ4n) is 2.29. The third-order valence-electron chi connectivity index (χ3n) is 3.33. The van der Waals surface area contributed by atoms with Gasteiger partial charge in [-0.3, -0.25) is 0 Å². The average Bonchev–Trinajstić information content (AvgIpc) is 2.23. The van der Waals surface area contributed by atoms with Gasteiger partial charge in [-0.25, -0.2) is 17.6 Å². The van der Waals surface area contributed by atoms with Gasteiger partial charge in [0.15, 0.2) is 0 Å². The van der Waals surface area contributed by atoms with E-state index in [9.17, 15) is 17.6 Å². The van der Waals surface area contributed by atoms with Gasteiger partial charge < -0.3 is 5.73 Å². The van der Waals surface area contributed by atoms with Crippen molar-refractivity contribution in [1.29, 1.82) is 0 Å². The molecule has 0 unspecified atom stereocenters. The van der Waals surface area contributed by atoms with Gasteiger partial charge in [0.2, 0.25) is 5.92 Å². The van der Waals surface area contributed by atoms with E-state index < -0.39 is 35.9 Å². The second kappa shape index (κ2) is 3.98. The van der Waals surface area contributed by atoms with E-state index in [1.165, 1.54) is 6.07 Å². The molecule has 0 aromatic heterocycles. The molecule has 17 heavy (non-hydrogen) atoms. The Kier molecular flexibility index (Phi) is 2.89. The molecule has 0 saturated heterocycles. The molecule has 1 aliphatic rings. The van der Waals surface area contributed by atoms with Crippen LogP contribution in [0.2, 0.25) is 0 Å². The summed E-state index contributed by atoms with van der Waals surface area (Å²) in [6.45, 7) is 0. The molecule has 0 heterocycles. The fraction of sp³-hybridized carbons (Fsp3) is 0.500. The van der Waals surface area contributed by atoms with Gasteiger partial charge in [-0.05, 0) is 25.0 Å². The third kappa shape index (κ3) is 2.29. The minimum atomic E-state index is -2.77. The van der Waals surface area contributed by atoms with Crippen LogP contribution >= 0.6 is 0 Å². The van der Waals surface area contributed by atoms with E-state index >= 15 is 0 Å². The van der Waals surface area contributed by atoms with E-state index in [0.29, 0.717) is 0 Å². The Morgan fingerprint density at radius 1 is 0.941 bits per heavy atom. The monoisotopic (exact) mass is 247 g/mol. The highest BCUT2D eigenvalue weighted by atomic mass is 19.3. The zero-order chi connectivity index (χ0) is 12.7. The van der Waals surface area contributed by atoms with Crippen LogP contribution in [0.15, 0.2) is 18.2 Å². The maximum atomic E-state index is 13.6. The summed E-state index contributed by atoms with van der Waals surface area (Å²) in [4.78, 5) is 0. The van der Waals surface area contributed by atoms with Gasteiger partial charge in [-0.1, -0.05) is 6.07 Å². The molecule has 5 heteroatoms. The first-order valence-electron chi connectivity index (χ1n) is 5.45. The van der Waals surface area contributed by atoms with Crippen LogP contribution in [0.4, 0.5) is 17.6 Å². The van der Waals surface area contributed by atoms with Crippen LogP contribution in [-0.2, 0) is 5.54 Å². The molecule has 94 valence electrons. The first-order valence-corrected chi connectivity index (χ1v) is 5.45. The Hall–Kier alpha value is -1.10. The van der Waals surface area contributed by atoms with E-state index in [1.54, 1.807) is 0 Å². The fourth-order valence-corrected chi connectivity index (χ4v) is 2.29. The highest BCUT2D eigenvalue weighted by Crippen LogP contribution is 2.43. The number of alkyl halides is 2. The number of hydrogen-bond donors (Lipinski definition) is 1. The van der Waals surface area contributed by atoms with Gasteiger partial charge in [0, 0.05) is 23.9 Å². The van der Waals surface area contributed by atoms with Crippen molar-refractivity contribution < 1.29 is 17.6 Å². The van der Waals surface area contributed by atoms with Crippen molar-refractivity contribution >= 4 is 0 Å². The second-order valence-corrected chi connectivity index (χ2v) is 4.61. The lowest BCUT2D eigenvalue weighted by Crippen LogP contribution is -2.44. The summed E-state index contributed by atoms with van der Waals surface area (Å²) < 4.78 is 53.2. The summed E-state index contributed by atoms with van der Waals surface area (Å²) in [5.74, 6) is -4.31. The Labute approximate surface area is 96.6 Å². The molecule has 1 saturated carbocycles. The van der Waals surface area contributed by atoms with E-state index in [0.717, 1.165) is 12.1 Å². The molecule has 1 aliphatic carbocycles. The number of benzene rings is 1. The minimum Gasteiger partial charge on any atom is -0.321 e. The number of rotatable bonds is 1. The molecule has 0 amide bonds. The van der Waals surface area contributed by atoms with E-state index in [1.807, 2.05) is 0 Å². The topological polar surface area (TPSA) is 26.0 Å². The maximum absolute atomic E-state index is 13.6. The van der Waals surface area contributed by atoms with Crippen molar-refractivity contribution in [3.8, 4) is 0 Å². The molecular weight excluding hydrogens is 234 g/mol. The predicted molar refractivity (Wildman–Crippen MR) is 55.6 cm³/mol. The molecule has 0 radical (unpaired) electrons. The van der Waals surface area contributed by atoms with E-state index in [2.05, 4.69) is 0 Å². The Morgan fingerprint density at radius 3 is 1.88 bits per heavy atom. The number of hydrogen-bond acceptors (Lipinski definition) is 1. The van der Waals surface area contributed by atoms with Crippen LogP contribution in [-0.4, -0.2) is 5.92 Å². The molecule has 2 N–H and O–H groups in total. The maximum Gasteiger partial charge on any atom is 0.248 e. The summed E-state index contributed by atoms with van der Waals surface area (Å²) in [7, 11) is 0. The van der Waals surface area contributed by atoms with Crippen molar-refractivity contribution in [2.45, 2.75) is 37.1 Å². The van der Waals surface area contributed by atoms with Gasteiger partial charge in [0.05, 0.1) is 0 Å². The predicted octanol–water partition coefficient (Wildman–Crippen LogP) is 3.33. The second-order valence-electron chi connectivity index (χ2n) is 4.61. The molecular formula is C12H13F4N. The molecule has 2 rings (SSSR count). The van der Waals surface area contributed by atoms with Crippen molar-refractivity contribution in [2.24, 2.45) is 5.73 Å². The van der Waals surface area contributed by atoms with Crippen LogP contribution in [0.25, 0.3) is 0 Å². The molecule has 1 nitrogen and oxygen atoms in total. The van der Waals surface area contributed by atoms with Gasteiger partial charge in [-0.2, -0.15) is 0 Å². The highest BCUT2D eigenvalue weighted by molar-refractivity contribution is 5.28. The van der Waals surface area contributed by atoms with Crippen molar-refractivity contribution in [2.75, 3.05) is 0 Å². The molecule has 0 bridgehead atoms. The van der Waals surface area contributed by atoms with E-state index in [4.69, 9.17) is 5.73 Å².